The van der Waals surface area contributed by atoms with Crippen molar-refractivity contribution in [2.24, 2.45) is 5.73 Å². The second kappa shape index (κ2) is 11.2. The van der Waals surface area contributed by atoms with E-state index in [9.17, 15) is 18.8 Å². The quantitative estimate of drug-likeness (QED) is 0.375. The van der Waals surface area contributed by atoms with Gasteiger partial charge >= 0.3 is 6.03 Å². The summed E-state index contributed by atoms with van der Waals surface area (Å²) < 4.78 is 14.2. The number of nitrogens with one attached hydrogen (secondary N) is 3. The van der Waals surface area contributed by atoms with E-state index in [1.54, 1.807) is 31.9 Å². The van der Waals surface area contributed by atoms with Crippen LogP contribution < -0.4 is 26.6 Å². The summed E-state index contributed by atoms with van der Waals surface area (Å²) in [5, 5.41) is 8.19. The van der Waals surface area contributed by atoms with Gasteiger partial charge in [0.05, 0.1) is 17.8 Å². The molecule has 9 heteroatoms. The van der Waals surface area contributed by atoms with Gasteiger partial charge in [-0.05, 0) is 67.1 Å². The molecule has 1 aliphatic heterocycles. The Kier molecular flexibility index (Phi) is 8.01. The molecule has 5 N–H and O–H groups in total. The van der Waals surface area contributed by atoms with Crippen molar-refractivity contribution in [2.45, 2.75) is 51.2 Å². The van der Waals surface area contributed by atoms with Crippen LogP contribution in [-0.2, 0) is 16.1 Å². The van der Waals surface area contributed by atoms with Crippen LogP contribution in [-0.4, -0.2) is 36.5 Å². The summed E-state index contributed by atoms with van der Waals surface area (Å²) >= 11 is 0. The third kappa shape index (κ3) is 6.26. The number of halogens is 1. The topological polar surface area (TPSA) is 117 Å². The standard InChI is InChI=1S/C30H34FN5O3/c1-18-15-25(34-28(38)30(2,3)32)27(37)36(26-14-13-21(31)16-23(18)26)17-19-9-11-20(12-10-19)22-7-5-6-8-24(22)35-29(39)33-4/h5-14,16,18,25H,15,17,32H2,1-4H3,(H,34,38)(H2,33,35,39). The van der Waals surface area contributed by atoms with Gasteiger partial charge < -0.3 is 26.6 Å². The number of carbonyl (C=O) groups is 3. The molecule has 0 aliphatic carbocycles. The maximum Gasteiger partial charge on any atom is 0.318 e. The number of carbonyl (C=O) groups excluding carboxylic acids is 3. The number of urea groups is 1. The lowest BCUT2D eigenvalue weighted by Crippen LogP contribution is -2.56. The Bertz CT molecular complexity index is 1380. The smallest absolute Gasteiger partial charge is 0.318 e. The first-order chi connectivity index (χ1) is 18.5. The molecule has 0 bridgehead atoms. The Hall–Kier alpha value is -4.24. The van der Waals surface area contributed by atoms with E-state index in [1.165, 1.54) is 12.1 Å². The average Bonchev–Trinajstić information content (AvgIpc) is 2.99. The Balaban J connectivity index is 1.65. The number of anilines is 2. The number of hydrogen-bond acceptors (Lipinski definition) is 4. The molecule has 0 saturated carbocycles. The van der Waals surface area contributed by atoms with Crippen molar-refractivity contribution in [1.29, 1.82) is 0 Å². The normalized spacial score (nSPS) is 17.2. The zero-order valence-electron chi connectivity index (χ0n) is 22.5. The molecule has 3 aromatic rings. The summed E-state index contributed by atoms with van der Waals surface area (Å²) in [5.41, 5.74) is 9.38. The minimum absolute atomic E-state index is 0.178. The van der Waals surface area contributed by atoms with Crippen LogP contribution in [0.1, 0.15) is 44.2 Å². The van der Waals surface area contributed by atoms with Gasteiger partial charge in [0.25, 0.3) is 0 Å². The first-order valence-electron chi connectivity index (χ1n) is 12.9. The molecule has 1 aliphatic rings. The van der Waals surface area contributed by atoms with Crippen LogP contribution in [0.5, 0.6) is 0 Å². The Morgan fingerprint density at radius 2 is 1.77 bits per heavy atom. The van der Waals surface area contributed by atoms with Crippen LogP contribution >= 0.6 is 0 Å². The second-order valence-electron chi connectivity index (χ2n) is 10.5. The molecule has 204 valence electrons. The van der Waals surface area contributed by atoms with Crippen molar-refractivity contribution in [3.8, 4) is 11.1 Å². The molecule has 0 fully saturated rings. The van der Waals surface area contributed by atoms with Gasteiger partial charge in [0.1, 0.15) is 11.9 Å². The average molecular weight is 532 g/mol. The number of benzene rings is 3. The summed E-state index contributed by atoms with van der Waals surface area (Å²) in [6.45, 7) is 5.30. The fourth-order valence-corrected chi connectivity index (χ4v) is 4.68. The highest BCUT2D eigenvalue weighted by molar-refractivity contribution is 6.01. The van der Waals surface area contributed by atoms with Gasteiger partial charge in [-0.1, -0.05) is 49.4 Å². The summed E-state index contributed by atoms with van der Waals surface area (Å²) in [4.78, 5) is 40.0. The number of nitrogens with zero attached hydrogens (tertiary/aromatic N) is 1. The molecular formula is C30H34FN5O3. The van der Waals surface area contributed by atoms with Crippen LogP contribution in [0.2, 0.25) is 0 Å². The molecule has 3 aromatic carbocycles. The van der Waals surface area contributed by atoms with Crippen molar-refractivity contribution in [1.82, 2.24) is 10.6 Å². The SMILES string of the molecule is CNC(=O)Nc1ccccc1-c1ccc(CN2C(=O)C(NC(=O)C(C)(C)N)CC(C)c3cc(F)ccc32)cc1. The van der Waals surface area contributed by atoms with Crippen LogP contribution in [0.4, 0.5) is 20.6 Å². The van der Waals surface area contributed by atoms with Crippen molar-refractivity contribution in [2.75, 3.05) is 17.3 Å². The lowest BCUT2D eigenvalue weighted by atomic mass is 9.93. The van der Waals surface area contributed by atoms with Crippen molar-refractivity contribution < 1.29 is 18.8 Å². The molecule has 2 unspecified atom stereocenters. The number of rotatable bonds is 6. The summed E-state index contributed by atoms with van der Waals surface area (Å²) in [6.07, 6.45) is 0.321. The van der Waals surface area contributed by atoms with E-state index in [2.05, 4.69) is 16.0 Å². The zero-order valence-corrected chi connectivity index (χ0v) is 22.5. The van der Waals surface area contributed by atoms with Crippen LogP contribution in [0, 0.1) is 5.82 Å². The van der Waals surface area contributed by atoms with E-state index in [4.69, 9.17) is 5.73 Å². The Morgan fingerprint density at radius 3 is 2.44 bits per heavy atom. The van der Waals surface area contributed by atoms with Gasteiger partial charge in [-0.15, -0.1) is 0 Å². The third-order valence-electron chi connectivity index (χ3n) is 6.86. The molecule has 0 aromatic heterocycles. The number of nitrogens with two attached hydrogens (primary N) is 1. The van der Waals surface area contributed by atoms with Gasteiger partial charge in [0.2, 0.25) is 11.8 Å². The van der Waals surface area contributed by atoms with Gasteiger partial charge in [0.15, 0.2) is 0 Å². The molecule has 1 heterocycles. The van der Waals surface area contributed by atoms with E-state index in [1.807, 2.05) is 55.5 Å². The van der Waals surface area contributed by atoms with E-state index in [-0.39, 0.29) is 30.2 Å². The van der Waals surface area contributed by atoms with Crippen molar-refractivity contribution in [3.05, 3.63) is 83.7 Å². The largest absolute Gasteiger partial charge is 0.343 e. The molecule has 8 nitrogen and oxygen atoms in total. The van der Waals surface area contributed by atoms with Gasteiger partial charge in [0, 0.05) is 18.3 Å². The molecule has 4 amide bonds. The van der Waals surface area contributed by atoms with E-state index < -0.39 is 17.5 Å². The molecule has 4 rings (SSSR count). The van der Waals surface area contributed by atoms with Crippen molar-refractivity contribution in [3.63, 3.8) is 0 Å². The third-order valence-corrected chi connectivity index (χ3v) is 6.86. The number of fused-ring (bicyclic) bond motifs is 1. The summed E-state index contributed by atoms with van der Waals surface area (Å²) in [5.74, 6) is -1.28. The minimum Gasteiger partial charge on any atom is -0.343 e. The Labute approximate surface area is 227 Å². The van der Waals surface area contributed by atoms with Gasteiger partial charge in [-0.25, -0.2) is 9.18 Å². The molecule has 0 radical (unpaired) electrons. The summed E-state index contributed by atoms with van der Waals surface area (Å²) in [7, 11) is 1.55. The predicted octanol–water partition coefficient (Wildman–Crippen LogP) is 4.51. The number of para-hydroxylation sites is 1. The minimum atomic E-state index is -1.15. The highest BCUT2D eigenvalue weighted by atomic mass is 19.1. The zero-order chi connectivity index (χ0) is 28.3. The predicted molar refractivity (Wildman–Crippen MR) is 151 cm³/mol. The fraction of sp³-hybridized carbons (Fsp3) is 0.300. The van der Waals surface area contributed by atoms with E-state index in [0.29, 0.717) is 23.4 Å². The maximum absolute atomic E-state index is 14.2. The van der Waals surface area contributed by atoms with E-state index >= 15 is 0 Å². The number of amides is 4. The lowest BCUT2D eigenvalue weighted by molar-refractivity contribution is -0.130. The first kappa shape index (κ1) is 27.8. The fourth-order valence-electron chi connectivity index (χ4n) is 4.68. The molecule has 39 heavy (non-hydrogen) atoms. The van der Waals surface area contributed by atoms with Crippen LogP contribution in [0.15, 0.2) is 66.7 Å². The Morgan fingerprint density at radius 1 is 1.08 bits per heavy atom. The maximum atomic E-state index is 14.2. The highest BCUT2D eigenvalue weighted by Crippen LogP contribution is 2.36. The van der Waals surface area contributed by atoms with Gasteiger partial charge in [-0.2, -0.15) is 0 Å². The molecular weight excluding hydrogens is 497 g/mol. The van der Waals surface area contributed by atoms with E-state index in [0.717, 1.165) is 16.7 Å². The lowest BCUT2D eigenvalue weighted by Gasteiger charge is -2.28. The summed E-state index contributed by atoms with van der Waals surface area (Å²) in [6, 6.07) is 18.4. The highest BCUT2D eigenvalue weighted by Gasteiger charge is 2.36. The second-order valence-corrected chi connectivity index (χ2v) is 10.5. The molecule has 0 spiro atoms. The van der Waals surface area contributed by atoms with Crippen LogP contribution in [0.25, 0.3) is 11.1 Å². The molecule has 2 atom stereocenters. The van der Waals surface area contributed by atoms with Gasteiger partial charge in [-0.3, -0.25) is 9.59 Å². The number of hydrogen-bond donors (Lipinski definition) is 4. The van der Waals surface area contributed by atoms with Crippen molar-refractivity contribution >= 4 is 29.2 Å². The molecule has 0 saturated heterocycles. The first-order valence-corrected chi connectivity index (χ1v) is 12.9. The monoisotopic (exact) mass is 531 g/mol. The van der Waals surface area contributed by atoms with Crippen LogP contribution in [0.3, 0.4) is 0 Å².